The fraction of sp³-hybridized carbons (Fsp3) is 0.211. The molecule has 0 bridgehead atoms. The number of carbonyl (C=O) groups excluding carboxylic acids is 3. The van der Waals surface area contributed by atoms with E-state index in [1.54, 1.807) is 55.5 Å². The fourth-order valence-corrected chi connectivity index (χ4v) is 2.10. The molecule has 5 heteroatoms. The number of carbonyl (C=O) groups is 3. The Morgan fingerprint density at radius 1 is 1.00 bits per heavy atom. The van der Waals surface area contributed by atoms with Crippen LogP contribution in [0, 0.1) is 0 Å². The van der Waals surface area contributed by atoms with Crippen LogP contribution in [-0.4, -0.2) is 24.1 Å². The molecule has 2 aromatic carbocycles. The van der Waals surface area contributed by atoms with E-state index in [2.05, 4.69) is 5.32 Å². The van der Waals surface area contributed by atoms with E-state index in [9.17, 15) is 14.4 Å². The van der Waals surface area contributed by atoms with Crippen molar-refractivity contribution >= 4 is 23.2 Å². The monoisotopic (exact) mass is 325 g/mol. The Bertz CT molecular complexity index is 750. The first-order valence-electron chi connectivity index (χ1n) is 7.66. The second-order valence-electron chi connectivity index (χ2n) is 5.27. The highest BCUT2D eigenvalue weighted by Gasteiger charge is 2.07. The van der Waals surface area contributed by atoms with Crippen LogP contribution in [0.1, 0.15) is 41.0 Å². The minimum absolute atomic E-state index is 0.0599. The van der Waals surface area contributed by atoms with Gasteiger partial charge in [-0.15, -0.1) is 0 Å². The summed E-state index contributed by atoms with van der Waals surface area (Å²) in [5.41, 5.74) is 1.69. The molecule has 0 spiro atoms. The van der Waals surface area contributed by atoms with Crippen LogP contribution in [0.2, 0.25) is 0 Å². The SMILES string of the molecule is CCC(=O)c1ccc(OCC(=O)Nc2cccc(C(C)=O)c2)cc1. The second-order valence-corrected chi connectivity index (χ2v) is 5.27. The molecule has 0 saturated carbocycles. The third-order valence-electron chi connectivity index (χ3n) is 3.42. The first kappa shape index (κ1) is 17.4. The van der Waals surface area contributed by atoms with Crippen LogP contribution >= 0.6 is 0 Å². The number of benzene rings is 2. The van der Waals surface area contributed by atoms with Gasteiger partial charge in [-0.05, 0) is 43.3 Å². The maximum absolute atomic E-state index is 11.9. The van der Waals surface area contributed by atoms with Gasteiger partial charge in [-0.1, -0.05) is 19.1 Å². The molecule has 0 heterocycles. The van der Waals surface area contributed by atoms with Crippen molar-refractivity contribution in [3.05, 3.63) is 59.7 Å². The smallest absolute Gasteiger partial charge is 0.262 e. The molecule has 24 heavy (non-hydrogen) atoms. The standard InChI is InChI=1S/C19H19NO4/c1-3-18(22)14-7-9-17(10-8-14)24-12-19(23)20-16-6-4-5-15(11-16)13(2)21/h4-11H,3,12H2,1-2H3,(H,20,23). The number of nitrogens with one attached hydrogen (secondary N) is 1. The Morgan fingerprint density at radius 2 is 1.71 bits per heavy atom. The first-order chi connectivity index (χ1) is 11.5. The van der Waals surface area contributed by atoms with Crippen molar-refractivity contribution in [1.29, 1.82) is 0 Å². The lowest BCUT2D eigenvalue weighted by atomic mass is 10.1. The van der Waals surface area contributed by atoms with Crippen molar-refractivity contribution in [3.8, 4) is 5.75 Å². The fourth-order valence-electron chi connectivity index (χ4n) is 2.10. The van der Waals surface area contributed by atoms with Crippen LogP contribution in [0.15, 0.2) is 48.5 Å². The third-order valence-corrected chi connectivity index (χ3v) is 3.42. The third kappa shape index (κ3) is 4.78. The van der Waals surface area contributed by atoms with E-state index in [1.807, 2.05) is 0 Å². The molecule has 1 N–H and O–H groups in total. The average Bonchev–Trinajstić information content (AvgIpc) is 2.60. The zero-order valence-electron chi connectivity index (χ0n) is 13.7. The molecule has 0 saturated heterocycles. The summed E-state index contributed by atoms with van der Waals surface area (Å²) in [7, 11) is 0. The molecular formula is C19H19NO4. The summed E-state index contributed by atoms with van der Waals surface area (Å²) >= 11 is 0. The Kier molecular flexibility index (Phi) is 5.84. The number of ether oxygens (including phenoxy) is 1. The highest BCUT2D eigenvalue weighted by Crippen LogP contribution is 2.14. The number of rotatable bonds is 7. The summed E-state index contributed by atoms with van der Waals surface area (Å²) in [6.45, 7) is 3.11. The van der Waals surface area contributed by atoms with Gasteiger partial charge in [0, 0.05) is 23.2 Å². The van der Waals surface area contributed by atoms with Gasteiger partial charge in [-0.2, -0.15) is 0 Å². The van der Waals surface area contributed by atoms with Gasteiger partial charge in [0.2, 0.25) is 0 Å². The summed E-state index contributed by atoms with van der Waals surface area (Å²) < 4.78 is 5.40. The van der Waals surface area contributed by atoms with E-state index in [0.717, 1.165) is 0 Å². The normalized spacial score (nSPS) is 10.1. The van der Waals surface area contributed by atoms with E-state index in [-0.39, 0.29) is 24.1 Å². The lowest BCUT2D eigenvalue weighted by Crippen LogP contribution is -2.20. The summed E-state index contributed by atoms with van der Waals surface area (Å²) in [6.07, 6.45) is 0.446. The lowest BCUT2D eigenvalue weighted by molar-refractivity contribution is -0.118. The van der Waals surface area contributed by atoms with E-state index in [0.29, 0.717) is 29.0 Å². The Balaban J connectivity index is 1.90. The molecule has 0 fully saturated rings. The Labute approximate surface area is 140 Å². The van der Waals surface area contributed by atoms with Gasteiger partial charge >= 0.3 is 0 Å². The largest absolute Gasteiger partial charge is 0.484 e. The van der Waals surface area contributed by atoms with Gasteiger partial charge in [0.1, 0.15) is 5.75 Å². The number of anilines is 1. The molecule has 2 rings (SSSR count). The molecule has 1 amide bonds. The summed E-state index contributed by atoms with van der Waals surface area (Å²) in [5, 5.41) is 2.68. The van der Waals surface area contributed by atoms with Crippen molar-refractivity contribution in [2.45, 2.75) is 20.3 Å². The Morgan fingerprint density at radius 3 is 2.33 bits per heavy atom. The number of amides is 1. The lowest BCUT2D eigenvalue weighted by Gasteiger charge is -2.08. The molecule has 0 aliphatic carbocycles. The number of hydrogen-bond donors (Lipinski definition) is 1. The van der Waals surface area contributed by atoms with Gasteiger partial charge in [0.15, 0.2) is 18.2 Å². The number of hydrogen-bond acceptors (Lipinski definition) is 4. The van der Waals surface area contributed by atoms with Crippen molar-refractivity contribution in [2.75, 3.05) is 11.9 Å². The molecule has 0 unspecified atom stereocenters. The topological polar surface area (TPSA) is 72.5 Å². The van der Waals surface area contributed by atoms with Gasteiger partial charge in [0.25, 0.3) is 5.91 Å². The van der Waals surface area contributed by atoms with Gasteiger partial charge in [-0.3, -0.25) is 14.4 Å². The molecule has 124 valence electrons. The predicted octanol–water partition coefficient (Wildman–Crippen LogP) is 3.50. The van der Waals surface area contributed by atoms with Crippen molar-refractivity contribution in [3.63, 3.8) is 0 Å². The van der Waals surface area contributed by atoms with Crippen LogP contribution in [0.4, 0.5) is 5.69 Å². The van der Waals surface area contributed by atoms with Crippen LogP contribution in [0.5, 0.6) is 5.75 Å². The van der Waals surface area contributed by atoms with Crippen LogP contribution in [-0.2, 0) is 4.79 Å². The molecule has 0 radical (unpaired) electrons. The highest BCUT2D eigenvalue weighted by atomic mass is 16.5. The molecule has 2 aromatic rings. The predicted molar refractivity (Wildman–Crippen MR) is 91.6 cm³/mol. The summed E-state index contributed by atoms with van der Waals surface area (Å²) in [5.74, 6) is 0.174. The number of ketones is 2. The van der Waals surface area contributed by atoms with Crippen LogP contribution in [0.25, 0.3) is 0 Å². The quantitative estimate of drug-likeness (QED) is 0.791. The van der Waals surface area contributed by atoms with Crippen LogP contribution in [0.3, 0.4) is 0 Å². The van der Waals surface area contributed by atoms with E-state index < -0.39 is 0 Å². The maximum atomic E-state index is 11.9. The zero-order chi connectivity index (χ0) is 17.5. The molecule has 0 aromatic heterocycles. The van der Waals surface area contributed by atoms with Gasteiger partial charge in [-0.25, -0.2) is 0 Å². The van der Waals surface area contributed by atoms with Gasteiger partial charge in [0.05, 0.1) is 0 Å². The molecule has 0 aliphatic heterocycles. The van der Waals surface area contributed by atoms with Gasteiger partial charge < -0.3 is 10.1 Å². The number of Topliss-reactive ketones (excluding diaryl/α,β-unsaturated/α-hetero) is 2. The first-order valence-corrected chi connectivity index (χ1v) is 7.66. The highest BCUT2D eigenvalue weighted by molar-refractivity contribution is 5.97. The molecular weight excluding hydrogens is 306 g/mol. The van der Waals surface area contributed by atoms with E-state index in [4.69, 9.17) is 4.74 Å². The zero-order valence-corrected chi connectivity index (χ0v) is 13.7. The molecule has 0 aliphatic rings. The average molecular weight is 325 g/mol. The maximum Gasteiger partial charge on any atom is 0.262 e. The van der Waals surface area contributed by atoms with E-state index in [1.165, 1.54) is 6.92 Å². The summed E-state index contributed by atoms with van der Waals surface area (Å²) in [4.78, 5) is 34.8. The molecule has 0 atom stereocenters. The van der Waals surface area contributed by atoms with E-state index >= 15 is 0 Å². The summed E-state index contributed by atoms with van der Waals surface area (Å²) in [6, 6.07) is 13.4. The molecule has 5 nitrogen and oxygen atoms in total. The Hall–Kier alpha value is -2.95. The second kappa shape index (κ2) is 8.06. The minimum atomic E-state index is -0.329. The minimum Gasteiger partial charge on any atom is -0.484 e. The van der Waals surface area contributed by atoms with Crippen LogP contribution < -0.4 is 10.1 Å². The van der Waals surface area contributed by atoms with Crippen molar-refractivity contribution in [2.24, 2.45) is 0 Å². The van der Waals surface area contributed by atoms with Crippen molar-refractivity contribution in [1.82, 2.24) is 0 Å². The van der Waals surface area contributed by atoms with Crippen molar-refractivity contribution < 1.29 is 19.1 Å².